The summed E-state index contributed by atoms with van der Waals surface area (Å²) in [5, 5.41) is 2.91. The minimum atomic E-state index is -0.302. The lowest BCUT2D eigenvalue weighted by molar-refractivity contribution is -0.120. The van der Waals surface area contributed by atoms with Gasteiger partial charge in [-0.2, -0.15) is 0 Å². The lowest BCUT2D eigenvalue weighted by Gasteiger charge is -2.26. The number of rotatable bonds is 7. The van der Waals surface area contributed by atoms with E-state index in [1.54, 1.807) is 7.11 Å². The summed E-state index contributed by atoms with van der Waals surface area (Å²) < 4.78 is 5.13. The van der Waals surface area contributed by atoms with Crippen molar-refractivity contribution in [1.82, 2.24) is 5.32 Å². The Kier molecular flexibility index (Phi) is 5.83. The first-order valence-electron chi connectivity index (χ1n) is 6.71. The van der Waals surface area contributed by atoms with E-state index in [1.807, 2.05) is 38.1 Å². The lowest BCUT2D eigenvalue weighted by Crippen LogP contribution is -2.49. The molecule has 4 nitrogen and oxygen atoms in total. The number of methoxy groups -OCH3 is 1. The molecule has 1 aromatic rings. The zero-order valence-corrected chi connectivity index (χ0v) is 12.0. The van der Waals surface area contributed by atoms with Crippen molar-refractivity contribution < 1.29 is 9.53 Å². The van der Waals surface area contributed by atoms with Gasteiger partial charge in [-0.1, -0.05) is 26.0 Å². The zero-order valence-electron chi connectivity index (χ0n) is 12.0. The molecule has 0 saturated carbocycles. The number of amides is 1. The van der Waals surface area contributed by atoms with Crippen LogP contribution in [0, 0.1) is 0 Å². The van der Waals surface area contributed by atoms with E-state index >= 15 is 0 Å². The third kappa shape index (κ3) is 4.91. The molecule has 1 aromatic carbocycles. The van der Waals surface area contributed by atoms with Crippen LogP contribution in [0.25, 0.3) is 0 Å². The first-order valence-corrected chi connectivity index (χ1v) is 6.71. The van der Waals surface area contributed by atoms with Gasteiger partial charge < -0.3 is 15.8 Å². The fourth-order valence-corrected chi connectivity index (χ4v) is 1.80. The molecule has 0 aliphatic rings. The van der Waals surface area contributed by atoms with Gasteiger partial charge in [0.2, 0.25) is 5.91 Å². The Bertz CT molecular complexity index is 414. The van der Waals surface area contributed by atoms with E-state index in [0.29, 0.717) is 13.0 Å². The molecule has 4 heteroatoms. The van der Waals surface area contributed by atoms with Crippen LogP contribution in [-0.4, -0.2) is 25.1 Å². The second kappa shape index (κ2) is 7.14. The second-order valence-electron chi connectivity index (χ2n) is 4.87. The van der Waals surface area contributed by atoms with Crippen LogP contribution >= 0.6 is 0 Å². The molecule has 0 aromatic heterocycles. The van der Waals surface area contributed by atoms with Gasteiger partial charge >= 0.3 is 0 Å². The monoisotopic (exact) mass is 264 g/mol. The van der Waals surface area contributed by atoms with Gasteiger partial charge in [-0.25, -0.2) is 0 Å². The summed E-state index contributed by atoms with van der Waals surface area (Å²) in [5.74, 6) is 0.755. The second-order valence-corrected chi connectivity index (χ2v) is 4.87. The molecule has 0 unspecified atom stereocenters. The van der Waals surface area contributed by atoms with Crippen LogP contribution in [0.5, 0.6) is 5.75 Å². The van der Waals surface area contributed by atoms with E-state index in [9.17, 15) is 4.79 Å². The van der Waals surface area contributed by atoms with E-state index in [1.165, 1.54) is 0 Å². The van der Waals surface area contributed by atoms with Crippen molar-refractivity contribution in [2.45, 2.75) is 38.6 Å². The number of nitrogens with one attached hydrogen (secondary N) is 1. The van der Waals surface area contributed by atoms with Gasteiger partial charge in [0.1, 0.15) is 5.75 Å². The number of hydrogen-bond acceptors (Lipinski definition) is 3. The number of carbonyl (C=O) groups excluding carboxylic acids is 1. The van der Waals surface area contributed by atoms with Crippen LogP contribution in [0.4, 0.5) is 0 Å². The third-order valence-corrected chi connectivity index (χ3v) is 3.54. The Balaban J connectivity index is 2.51. The molecule has 0 aliphatic heterocycles. The highest BCUT2D eigenvalue weighted by atomic mass is 16.5. The Morgan fingerprint density at radius 2 is 2.05 bits per heavy atom. The largest absolute Gasteiger partial charge is 0.497 e. The predicted octanol–water partition coefficient (Wildman–Crippen LogP) is 1.87. The molecule has 0 spiro atoms. The maximum atomic E-state index is 11.9. The predicted molar refractivity (Wildman–Crippen MR) is 77.2 cm³/mol. The van der Waals surface area contributed by atoms with Crippen molar-refractivity contribution in [2.75, 3.05) is 13.7 Å². The van der Waals surface area contributed by atoms with Crippen molar-refractivity contribution in [2.24, 2.45) is 5.73 Å². The molecule has 0 aliphatic carbocycles. The average molecular weight is 264 g/mol. The summed E-state index contributed by atoms with van der Waals surface area (Å²) in [6.45, 7) is 4.60. The van der Waals surface area contributed by atoms with E-state index in [-0.39, 0.29) is 11.4 Å². The van der Waals surface area contributed by atoms with Gasteiger partial charge in [-0.05, 0) is 30.5 Å². The van der Waals surface area contributed by atoms with Crippen LogP contribution in [0.2, 0.25) is 0 Å². The number of ether oxygens (including phenoxy) is 1. The van der Waals surface area contributed by atoms with Crippen molar-refractivity contribution in [1.29, 1.82) is 0 Å². The normalized spacial score (nSPS) is 11.2. The molecule has 1 rings (SSSR count). The summed E-state index contributed by atoms with van der Waals surface area (Å²) in [4.78, 5) is 11.9. The van der Waals surface area contributed by atoms with Crippen molar-refractivity contribution >= 4 is 5.91 Å². The Morgan fingerprint density at radius 1 is 1.37 bits per heavy atom. The van der Waals surface area contributed by atoms with E-state index in [2.05, 4.69) is 5.32 Å². The van der Waals surface area contributed by atoms with Crippen LogP contribution in [0.1, 0.15) is 32.3 Å². The van der Waals surface area contributed by atoms with Crippen LogP contribution in [0.15, 0.2) is 24.3 Å². The summed E-state index contributed by atoms with van der Waals surface area (Å²) in [6.07, 6.45) is 2.05. The maximum absolute atomic E-state index is 11.9. The van der Waals surface area contributed by atoms with Gasteiger partial charge in [0.15, 0.2) is 0 Å². The van der Waals surface area contributed by atoms with Gasteiger partial charge in [-0.15, -0.1) is 0 Å². The standard InChI is InChI=1S/C15H24N2O2/c1-4-15(16,5-2)11-17-14(18)10-12-7-6-8-13(9-12)19-3/h6-9H,4-5,10-11,16H2,1-3H3,(H,17,18). The molecular weight excluding hydrogens is 240 g/mol. The molecule has 0 atom stereocenters. The first-order chi connectivity index (χ1) is 9.03. The van der Waals surface area contributed by atoms with E-state index in [4.69, 9.17) is 10.5 Å². The molecule has 3 N–H and O–H groups in total. The quantitative estimate of drug-likeness (QED) is 0.790. The Hall–Kier alpha value is -1.55. The smallest absolute Gasteiger partial charge is 0.224 e. The molecule has 0 fully saturated rings. The third-order valence-electron chi connectivity index (χ3n) is 3.54. The Morgan fingerprint density at radius 3 is 2.63 bits per heavy atom. The van der Waals surface area contributed by atoms with Crippen molar-refractivity contribution in [3.63, 3.8) is 0 Å². The van der Waals surface area contributed by atoms with Crippen LogP contribution in [0.3, 0.4) is 0 Å². The summed E-state index contributed by atoms with van der Waals surface area (Å²) >= 11 is 0. The highest BCUT2D eigenvalue weighted by molar-refractivity contribution is 5.78. The SMILES string of the molecule is CCC(N)(CC)CNC(=O)Cc1cccc(OC)c1. The maximum Gasteiger partial charge on any atom is 0.224 e. The number of hydrogen-bond donors (Lipinski definition) is 2. The van der Waals surface area contributed by atoms with Gasteiger partial charge in [-0.3, -0.25) is 4.79 Å². The van der Waals surface area contributed by atoms with E-state index < -0.39 is 0 Å². The minimum absolute atomic E-state index is 0.00928. The number of benzene rings is 1. The zero-order chi connectivity index (χ0) is 14.3. The van der Waals surface area contributed by atoms with Gasteiger partial charge in [0.25, 0.3) is 0 Å². The Labute approximate surface area is 115 Å². The molecule has 0 radical (unpaired) electrons. The first kappa shape index (κ1) is 15.5. The topological polar surface area (TPSA) is 64.3 Å². The van der Waals surface area contributed by atoms with Crippen molar-refractivity contribution in [3.05, 3.63) is 29.8 Å². The summed E-state index contributed by atoms with van der Waals surface area (Å²) in [6, 6.07) is 7.53. The van der Waals surface area contributed by atoms with E-state index in [0.717, 1.165) is 24.2 Å². The lowest BCUT2D eigenvalue weighted by atomic mass is 9.94. The summed E-state index contributed by atoms with van der Waals surface area (Å²) in [7, 11) is 1.62. The van der Waals surface area contributed by atoms with Crippen LogP contribution in [-0.2, 0) is 11.2 Å². The molecule has 0 saturated heterocycles. The molecular formula is C15H24N2O2. The summed E-state index contributed by atoms with van der Waals surface area (Å²) in [5.41, 5.74) is 6.79. The average Bonchev–Trinajstić information content (AvgIpc) is 2.45. The fraction of sp³-hybridized carbons (Fsp3) is 0.533. The van der Waals surface area contributed by atoms with Gasteiger partial charge in [0, 0.05) is 12.1 Å². The van der Waals surface area contributed by atoms with Crippen LogP contribution < -0.4 is 15.8 Å². The van der Waals surface area contributed by atoms with Crippen molar-refractivity contribution in [3.8, 4) is 5.75 Å². The molecule has 0 heterocycles. The number of carbonyl (C=O) groups is 1. The number of nitrogens with two attached hydrogens (primary N) is 1. The molecule has 19 heavy (non-hydrogen) atoms. The highest BCUT2D eigenvalue weighted by Crippen LogP contribution is 2.13. The van der Waals surface area contributed by atoms with Gasteiger partial charge in [0.05, 0.1) is 13.5 Å². The highest BCUT2D eigenvalue weighted by Gasteiger charge is 2.20. The molecule has 0 bridgehead atoms. The minimum Gasteiger partial charge on any atom is -0.497 e. The molecule has 1 amide bonds. The molecule has 106 valence electrons. The fourth-order valence-electron chi connectivity index (χ4n) is 1.80.